The molecule has 1 N–H and O–H groups in total. The Morgan fingerprint density at radius 2 is 2.10 bits per heavy atom. The van der Waals surface area contributed by atoms with E-state index in [1.807, 2.05) is 20.8 Å². The van der Waals surface area contributed by atoms with Crippen LogP contribution in [0, 0.1) is 22.7 Å². The molecule has 10 heavy (non-hydrogen) atoms. The molecular formula is C8H15NO. The Bertz CT molecular complexity index is 135. The van der Waals surface area contributed by atoms with Crippen LogP contribution in [0.4, 0.5) is 0 Å². The van der Waals surface area contributed by atoms with Gasteiger partial charge in [-0.3, -0.25) is 0 Å². The summed E-state index contributed by atoms with van der Waals surface area (Å²) in [6, 6.07) is 2.20. The molecule has 0 aliphatic carbocycles. The summed E-state index contributed by atoms with van der Waals surface area (Å²) in [5.41, 5.74) is -0.290. The standard InChI is InChI=1S/C8H15NO/c1-7(5-10)4-8(2,3)6-9/h7,10H,4-5H2,1-3H3. The molecule has 0 amide bonds. The molecule has 0 aromatic carbocycles. The first-order valence-electron chi connectivity index (χ1n) is 3.54. The molecule has 58 valence electrons. The second-order valence-electron chi connectivity index (χ2n) is 3.49. The molecule has 1 atom stereocenters. The van der Waals surface area contributed by atoms with Crippen LogP contribution in [0.3, 0.4) is 0 Å². The smallest absolute Gasteiger partial charge is 0.0684 e. The van der Waals surface area contributed by atoms with Crippen LogP contribution in [0.25, 0.3) is 0 Å². The van der Waals surface area contributed by atoms with Gasteiger partial charge in [0.15, 0.2) is 0 Å². The Hall–Kier alpha value is -0.550. The first-order chi connectivity index (χ1) is 4.52. The number of aliphatic hydroxyl groups excluding tert-OH is 1. The molecule has 0 saturated carbocycles. The van der Waals surface area contributed by atoms with Crippen LogP contribution in [0.2, 0.25) is 0 Å². The molecule has 0 radical (unpaired) electrons. The lowest BCUT2D eigenvalue weighted by Gasteiger charge is -2.18. The third-order valence-electron chi connectivity index (χ3n) is 1.47. The minimum Gasteiger partial charge on any atom is -0.396 e. The van der Waals surface area contributed by atoms with Gasteiger partial charge in [0.2, 0.25) is 0 Å². The van der Waals surface area contributed by atoms with Crippen molar-refractivity contribution >= 4 is 0 Å². The Morgan fingerprint density at radius 3 is 2.40 bits per heavy atom. The van der Waals surface area contributed by atoms with E-state index in [0.717, 1.165) is 6.42 Å². The predicted molar refractivity (Wildman–Crippen MR) is 40.3 cm³/mol. The van der Waals surface area contributed by atoms with Crippen LogP contribution in [-0.4, -0.2) is 11.7 Å². The van der Waals surface area contributed by atoms with Gasteiger partial charge < -0.3 is 5.11 Å². The van der Waals surface area contributed by atoms with Gasteiger partial charge in [0.25, 0.3) is 0 Å². The van der Waals surface area contributed by atoms with Crippen LogP contribution < -0.4 is 0 Å². The topological polar surface area (TPSA) is 44.0 Å². The van der Waals surface area contributed by atoms with Gasteiger partial charge in [-0.15, -0.1) is 0 Å². The highest BCUT2D eigenvalue weighted by molar-refractivity contribution is 4.92. The van der Waals surface area contributed by atoms with E-state index in [9.17, 15) is 0 Å². The van der Waals surface area contributed by atoms with Crippen LogP contribution in [-0.2, 0) is 0 Å². The minimum atomic E-state index is -0.290. The molecule has 0 heterocycles. The zero-order chi connectivity index (χ0) is 8.20. The van der Waals surface area contributed by atoms with Crippen molar-refractivity contribution in [3.63, 3.8) is 0 Å². The zero-order valence-corrected chi connectivity index (χ0v) is 6.89. The maximum Gasteiger partial charge on any atom is 0.0684 e. The van der Waals surface area contributed by atoms with Crippen LogP contribution >= 0.6 is 0 Å². The average molecular weight is 141 g/mol. The highest BCUT2D eigenvalue weighted by Gasteiger charge is 2.19. The summed E-state index contributed by atoms with van der Waals surface area (Å²) in [7, 11) is 0. The molecule has 0 rings (SSSR count). The van der Waals surface area contributed by atoms with E-state index in [1.54, 1.807) is 0 Å². The quantitative estimate of drug-likeness (QED) is 0.648. The normalized spacial score (nSPS) is 14.3. The lowest BCUT2D eigenvalue weighted by atomic mass is 9.85. The minimum absolute atomic E-state index is 0.172. The van der Waals surface area contributed by atoms with Crippen molar-refractivity contribution in [2.45, 2.75) is 27.2 Å². The van der Waals surface area contributed by atoms with Gasteiger partial charge in [0.1, 0.15) is 0 Å². The van der Waals surface area contributed by atoms with E-state index in [4.69, 9.17) is 10.4 Å². The first-order valence-corrected chi connectivity index (χ1v) is 3.54. The summed E-state index contributed by atoms with van der Waals surface area (Å²) in [5.74, 6) is 0.231. The summed E-state index contributed by atoms with van der Waals surface area (Å²) in [6.45, 7) is 5.89. The largest absolute Gasteiger partial charge is 0.396 e. The molecule has 0 saturated heterocycles. The average Bonchev–Trinajstić information content (AvgIpc) is 1.87. The van der Waals surface area contributed by atoms with E-state index < -0.39 is 0 Å². The molecule has 0 bridgehead atoms. The highest BCUT2D eigenvalue weighted by Crippen LogP contribution is 2.23. The molecular weight excluding hydrogens is 126 g/mol. The lowest BCUT2D eigenvalue weighted by Crippen LogP contribution is -2.15. The Labute approximate surface area is 62.5 Å². The summed E-state index contributed by atoms with van der Waals surface area (Å²) < 4.78 is 0. The van der Waals surface area contributed by atoms with Crippen molar-refractivity contribution in [2.75, 3.05) is 6.61 Å². The second-order valence-corrected chi connectivity index (χ2v) is 3.49. The fourth-order valence-corrected chi connectivity index (χ4v) is 0.981. The number of nitrogens with zero attached hydrogens (tertiary/aromatic N) is 1. The monoisotopic (exact) mass is 141 g/mol. The van der Waals surface area contributed by atoms with Crippen molar-refractivity contribution in [1.82, 2.24) is 0 Å². The van der Waals surface area contributed by atoms with Gasteiger partial charge >= 0.3 is 0 Å². The van der Waals surface area contributed by atoms with Gasteiger partial charge in [-0.2, -0.15) is 5.26 Å². The van der Waals surface area contributed by atoms with Crippen molar-refractivity contribution in [3.8, 4) is 6.07 Å². The van der Waals surface area contributed by atoms with Crippen molar-refractivity contribution in [1.29, 1.82) is 5.26 Å². The van der Waals surface area contributed by atoms with Crippen LogP contribution in [0.5, 0.6) is 0 Å². The summed E-state index contributed by atoms with van der Waals surface area (Å²) in [5, 5.41) is 17.3. The van der Waals surface area contributed by atoms with Crippen molar-refractivity contribution in [2.24, 2.45) is 11.3 Å². The third-order valence-corrected chi connectivity index (χ3v) is 1.47. The Kier molecular flexibility index (Phi) is 3.38. The molecule has 2 nitrogen and oxygen atoms in total. The maximum absolute atomic E-state index is 8.68. The summed E-state index contributed by atoms with van der Waals surface area (Å²) >= 11 is 0. The van der Waals surface area contributed by atoms with Crippen molar-refractivity contribution in [3.05, 3.63) is 0 Å². The number of aliphatic hydroxyl groups is 1. The molecule has 1 unspecified atom stereocenters. The van der Waals surface area contributed by atoms with Gasteiger partial charge in [-0.1, -0.05) is 6.92 Å². The summed E-state index contributed by atoms with van der Waals surface area (Å²) in [4.78, 5) is 0. The van der Waals surface area contributed by atoms with E-state index in [1.165, 1.54) is 0 Å². The van der Waals surface area contributed by atoms with E-state index in [0.29, 0.717) is 0 Å². The fraction of sp³-hybridized carbons (Fsp3) is 0.875. The number of nitriles is 1. The Morgan fingerprint density at radius 1 is 1.60 bits per heavy atom. The second kappa shape index (κ2) is 3.58. The highest BCUT2D eigenvalue weighted by atomic mass is 16.3. The molecule has 2 heteroatoms. The SMILES string of the molecule is CC(CO)CC(C)(C)C#N. The van der Waals surface area contributed by atoms with Crippen molar-refractivity contribution < 1.29 is 5.11 Å². The molecule has 0 fully saturated rings. The van der Waals surface area contributed by atoms with Gasteiger partial charge in [-0.25, -0.2) is 0 Å². The molecule has 0 aromatic heterocycles. The number of hydrogen-bond donors (Lipinski definition) is 1. The van der Waals surface area contributed by atoms with Crippen LogP contribution in [0.15, 0.2) is 0 Å². The molecule has 0 spiro atoms. The maximum atomic E-state index is 8.68. The van der Waals surface area contributed by atoms with E-state index >= 15 is 0 Å². The molecule has 0 aliphatic heterocycles. The number of rotatable bonds is 3. The van der Waals surface area contributed by atoms with Gasteiger partial charge in [0, 0.05) is 6.61 Å². The zero-order valence-electron chi connectivity index (χ0n) is 6.89. The first kappa shape index (κ1) is 9.45. The lowest BCUT2D eigenvalue weighted by molar-refractivity contribution is 0.203. The van der Waals surface area contributed by atoms with Gasteiger partial charge in [0.05, 0.1) is 11.5 Å². The van der Waals surface area contributed by atoms with Crippen LogP contribution in [0.1, 0.15) is 27.2 Å². The fourth-order valence-electron chi connectivity index (χ4n) is 0.981. The molecule has 0 aliphatic rings. The Balaban J connectivity index is 3.79. The van der Waals surface area contributed by atoms with Gasteiger partial charge in [-0.05, 0) is 26.2 Å². The van der Waals surface area contributed by atoms with E-state index in [-0.39, 0.29) is 17.9 Å². The predicted octanol–water partition coefficient (Wildman–Crippen LogP) is 1.55. The summed E-state index contributed by atoms with van der Waals surface area (Å²) in [6.07, 6.45) is 0.764. The third kappa shape index (κ3) is 3.47. The van der Waals surface area contributed by atoms with E-state index in [2.05, 4.69) is 6.07 Å². The number of hydrogen-bond acceptors (Lipinski definition) is 2. The molecule has 0 aromatic rings.